The molecule has 0 saturated carbocycles. The molecule has 0 aromatic heterocycles. The fourth-order valence-corrected chi connectivity index (χ4v) is 3.88. The maximum Gasteiger partial charge on any atom is 0.395 e. The minimum atomic E-state index is -0.257. The highest BCUT2D eigenvalue weighted by molar-refractivity contribution is 7.17. The lowest BCUT2D eigenvalue weighted by Gasteiger charge is -2.17. The van der Waals surface area contributed by atoms with E-state index in [4.69, 9.17) is 4.52 Å². The van der Waals surface area contributed by atoms with Crippen LogP contribution in [0.5, 0.6) is 5.75 Å². The number of rotatable bonds is 16. The Morgan fingerprint density at radius 1 is 0.923 bits per heavy atom. The number of hydrogen-bond donors (Lipinski definition) is 0. The summed E-state index contributed by atoms with van der Waals surface area (Å²) >= 11 is 0. The second-order valence-electron chi connectivity index (χ2n) is 7.60. The second kappa shape index (κ2) is 15.2. The van der Waals surface area contributed by atoms with Crippen LogP contribution in [-0.2, 0) is 17.4 Å². The van der Waals surface area contributed by atoms with E-state index < -0.39 is 0 Å². The van der Waals surface area contributed by atoms with Gasteiger partial charge < -0.3 is 4.52 Å². The quantitative estimate of drug-likeness (QED) is 0.213. The zero-order valence-electron chi connectivity index (χ0n) is 17.3. The van der Waals surface area contributed by atoms with E-state index in [1.165, 1.54) is 81.8 Å². The van der Waals surface area contributed by atoms with E-state index in [0.29, 0.717) is 5.92 Å². The third kappa shape index (κ3) is 9.72. The predicted octanol–water partition coefficient (Wildman–Crippen LogP) is 8.32. The first-order valence-corrected chi connectivity index (χ1v) is 11.6. The van der Waals surface area contributed by atoms with Crippen molar-refractivity contribution in [3.8, 4) is 5.75 Å². The van der Waals surface area contributed by atoms with Crippen LogP contribution in [0.2, 0.25) is 0 Å². The van der Waals surface area contributed by atoms with E-state index in [1.54, 1.807) is 0 Å². The summed E-state index contributed by atoms with van der Waals surface area (Å²) in [5.41, 5.74) is 2.63. The molecular weight excluding hydrogens is 339 g/mol. The SMILES string of the molecule is CCCCCCCCCc1ccc(OP=O)c(CC(CC)CCCC)c1. The van der Waals surface area contributed by atoms with E-state index >= 15 is 0 Å². The third-order valence-corrected chi connectivity index (χ3v) is 5.65. The van der Waals surface area contributed by atoms with Gasteiger partial charge in [0.2, 0.25) is 0 Å². The molecule has 1 aromatic carbocycles. The zero-order chi connectivity index (χ0) is 19.0. The second-order valence-corrected chi connectivity index (χ2v) is 7.93. The standard InChI is InChI=1S/C23H39O2P/c1-4-7-9-10-11-12-13-15-21-16-17-23(25-26-24)22(19-21)18-20(6-3)14-8-5-2/h16-17,19-20H,4-15,18H2,1-3H3. The summed E-state index contributed by atoms with van der Waals surface area (Å²) in [6.45, 7) is 6.79. The molecule has 1 unspecified atom stereocenters. The van der Waals surface area contributed by atoms with Gasteiger partial charge in [0, 0.05) is 0 Å². The molecular formula is C23H39O2P. The van der Waals surface area contributed by atoms with Crippen LogP contribution in [-0.4, -0.2) is 0 Å². The van der Waals surface area contributed by atoms with E-state index in [2.05, 4.69) is 32.9 Å². The van der Waals surface area contributed by atoms with Crippen molar-refractivity contribution in [3.05, 3.63) is 29.3 Å². The van der Waals surface area contributed by atoms with Gasteiger partial charge in [0.25, 0.3) is 0 Å². The summed E-state index contributed by atoms with van der Waals surface area (Å²) in [6.07, 6.45) is 16.6. The van der Waals surface area contributed by atoms with Gasteiger partial charge in [0.1, 0.15) is 5.75 Å². The molecule has 1 atom stereocenters. The van der Waals surface area contributed by atoms with Crippen LogP contribution < -0.4 is 4.52 Å². The molecule has 0 N–H and O–H groups in total. The van der Waals surface area contributed by atoms with E-state index in [-0.39, 0.29) is 8.69 Å². The fourth-order valence-electron chi connectivity index (χ4n) is 3.62. The molecule has 0 amide bonds. The topological polar surface area (TPSA) is 26.3 Å². The molecule has 26 heavy (non-hydrogen) atoms. The van der Waals surface area contributed by atoms with Gasteiger partial charge in [0.15, 0.2) is 0 Å². The number of benzene rings is 1. The van der Waals surface area contributed by atoms with Gasteiger partial charge in [-0.3, -0.25) is 0 Å². The highest BCUT2D eigenvalue weighted by Crippen LogP contribution is 2.29. The van der Waals surface area contributed by atoms with Crippen LogP contribution in [0.3, 0.4) is 0 Å². The predicted molar refractivity (Wildman–Crippen MR) is 113 cm³/mol. The highest BCUT2D eigenvalue weighted by atomic mass is 31.1. The highest BCUT2D eigenvalue weighted by Gasteiger charge is 2.12. The summed E-state index contributed by atoms with van der Waals surface area (Å²) < 4.78 is 16.3. The van der Waals surface area contributed by atoms with Crippen molar-refractivity contribution < 1.29 is 9.09 Å². The Labute approximate surface area is 163 Å². The first-order chi connectivity index (χ1) is 12.7. The van der Waals surface area contributed by atoms with Crippen molar-refractivity contribution in [1.29, 1.82) is 0 Å². The fraction of sp³-hybridized carbons (Fsp3) is 0.739. The van der Waals surface area contributed by atoms with Crippen LogP contribution >= 0.6 is 8.69 Å². The van der Waals surface area contributed by atoms with Gasteiger partial charge in [-0.15, -0.1) is 0 Å². The molecule has 0 aliphatic carbocycles. The molecule has 2 nitrogen and oxygen atoms in total. The number of aryl methyl sites for hydroxylation is 1. The van der Waals surface area contributed by atoms with Crippen molar-refractivity contribution >= 4 is 8.69 Å². The largest absolute Gasteiger partial charge is 0.407 e. The smallest absolute Gasteiger partial charge is 0.395 e. The lowest BCUT2D eigenvalue weighted by atomic mass is 9.90. The summed E-state index contributed by atoms with van der Waals surface area (Å²) in [7, 11) is -0.257. The molecule has 0 heterocycles. The molecule has 0 spiro atoms. The van der Waals surface area contributed by atoms with E-state index in [9.17, 15) is 4.57 Å². The van der Waals surface area contributed by atoms with Crippen molar-refractivity contribution in [1.82, 2.24) is 0 Å². The number of unbranched alkanes of at least 4 members (excludes halogenated alkanes) is 7. The molecule has 1 aromatic rings. The minimum Gasteiger partial charge on any atom is -0.407 e. The Kier molecular flexibility index (Phi) is 13.5. The average molecular weight is 379 g/mol. The molecule has 0 aliphatic rings. The first kappa shape index (κ1) is 23.2. The van der Waals surface area contributed by atoms with Crippen LogP contribution in [0.1, 0.15) is 103 Å². The molecule has 1 rings (SSSR count). The molecule has 148 valence electrons. The molecule has 3 heteroatoms. The van der Waals surface area contributed by atoms with Crippen molar-refractivity contribution in [2.75, 3.05) is 0 Å². The molecule has 0 saturated heterocycles. The first-order valence-electron chi connectivity index (χ1n) is 10.9. The van der Waals surface area contributed by atoms with Gasteiger partial charge in [-0.25, -0.2) is 4.57 Å². The average Bonchev–Trinajstić information content (AvgIpc) is 2.66. The van der Waals surface area contributed by atoms with E-state index in [0.717, 1.165) is 18.6 Å². The normalized spacial score (nSPS) is 12.4. The van der Waals surface area contributed by atoms with Crippen molar-refractivity contribution in [2.45, 2.75) is 104 Å². The van der Waals surface area contributed by atoms with E-state index in [1.807, 2.05) is 6.07 Å². The maximum atomic E-state index is 10.9. The Bertz CT molecular complexity index is 487. The van der Waals surface area contributed by atoms with Crippen LogP contribution in [0.15, 0.2) is 18.2 Å². The van der Waals surface area contributed by atoms with Crippen LogP contribution in [0, 0.1) is 5.92 Å². The maximum absolute atomic E-state index is 10.9. The summed E-state index contributed by atoms with van der Waals surface area (Å²) in [4.78, 5) is 0. The van der Waals surface area contributed by atoms with Crippen molar-refractivity contribution in [2.24, 2.45) is 5.92 Å². The monoisotopic (exact) mass is 378 g/mol. The lowest BCUT2D eigenvalue weighted by Crippen LogP contribution is -2.05. The van der Waals surface area contributed by atoms with Gasteiger partial charge in [0.05, 0.1) is 0 Å². The van der Waals surface area contributed by atoms with Crippen LogP contribution in [0.25, 0.3) is 0 Å². The zero-order valence-corrected chi connectivity index (χ0v) is 18.2. The molecule has 0 bridgehead atoms. The Morgan fingerprint density at radius 2 is 1.62 bits per heavy atom. The Hall–Kier alpha value is -0.880. The molecule has 0 aliphatic heterocycles. The van der Waals surface area contributed by atoms with Gasteiger partial charge in [-0.2, -0.15) is 0 Å². The van der Waals surface area contributed by atoms with Gasteiger partial charge >= 0.3 is 8.69 Å². The van der Waals surface area contributed by atoms with Gasteiger partial charge in [-0.1, -0.05) is 97.1 Å². The third-order valence-electron chi connectivity index (χ3n) is 5.38. The summed E-state index contributed by atoms with van der Waals surface area (Å²) in [5, 5.41) is 0. The molecule has 0 radical (unpaired) electrons. The summed E-state index contributed by atoms with van der Waals surface area (Å²) in [6, 6.07) is 6.46. The van der Waals surface area contributed by atoms with Gasteiger partial charge in [-0.05, 0) is 42.4 Å². The minimum absolute atomic E-state index is 0.257. The Morgan fingerprint density at radius 3 is 2.27 bits per heavy atom. The summed E-state index contributed by atoms with van der Waals surface area (Å²) in [5.74, 6) is 1.48. The lowest BCUT2D eigenvalue weighted by molar-refractivity contribution is 0.442. The van der Waals surface area contributed by atoms with Crippen molar-refractivity contribution in [3.63, 3.8) is 0 Å². The van der Waals surface area contributed by atoms with Crippen LogP contribution in [0.4, 0.5) is 0 Å². The molecule has 0 fully saturated rings. The number of hydrogen-bond acceptors (Lipinski definition) is 2. The Balaban J connectivity index is 2.58.